The molecule has 10 heteroatoms. The van der Waals surface area contributed by atoms with Gasteiger partial charge in [0.05, 0.1) is 22.8 Å². The lowest BCUT2D eigenvalue weighted by Gasteiger charge is -1.90. The highest BCUT2D eigenvalue weighted by molar-refractivity contribution is 5.19. The first-order valence-corrected chi connectivity index (χ1v) is 25.4. The van der Waals surface area contributed by atoms with Gasteiger partial charge in [-0.3, -0.25) is 19.9 Å². The Morgan fingerprint density at radius 3 is 0.557 bits per heavy atom. The number of aromatic nitrogens is 10. The van der Waals surface area contributed by atoms with Crippen molar-refractivity contribution in [2.75, 3.05) is 0 Å². The van der Waals surface area contributed by atoms with Crippen LogP contribution >= 0.6 is 0 Å². The van der Waals surface area contributed by atoms with Crippen molar-refractivity contribution in [3.05, 3.63) is 189 Å². The normalized spacial score (nSPS) is 8.00. The molecule has 0 aliphatic rings. The van der Waals surface area contributed by atoms with Crippen LogP contribution in [0.2, 0.25) is 0 Å². The van der Waals surface area contributed by atoms with Crippen molar-refractivity contribution >= 4 is 0 Å². The molecule has 0 bridgehead atoms. The molecule has 0 radical (unpaired) electrons. The van der Waals surface area contributed by atoms with E-state index >= 15 is 0 Å². The van der Waals surface area contributed by atoms with Gasteiger partial charge in [-0.05, 0) is 143 Å². The van der Waals surface area contributed by atoms with Crippen molar-refractivity contribution in [1.29, 1.82) is 0 Å². The minimum atomic E-state index is 0.829. The summed E-state index contributed by atoms with van der Waals surface area (Å²) in [6.07, 6.45) is 14.5. The predicted molar refractivity (Wildman–Crippen MR) is 309 cm³/mol. The van der Waals surface area contributed by atoms with Gasteiger partial charge in [0.2, 0.25) is 0 Å². The molecular formula is C60H102N10. The van der Waals surface area contributed by atoms with Gasteiger partial charge in [-0.1, -0.05) is 144 Å². The average molecular weight is 964 g/mol. The Morgan fingerprint density at radius 2 is 0.386 bits per heavy atom. The molecule has 6 aromatic heterocycles. The van der Waals surface area contributed by atoms with Crippen LogP contribution < -0.4 is 0 Å². The number of hydrogen-bond acceptors (Lipinski definition) is 10. The molecule has 0 aliphatic heterocycles. The third-order valence-electron chi connectivity index (χ3n) is 7.00. The van der Waals surface area contributed by atoms with E-state index in [9.17, 15) is 0 Å². The third kappa shape index (κ3) is 56.2. The number of aryl methyl sites for hydroxylation is 14. The second-order valence-corrected chi connectivity index (χ2v) is 13.3. The van der Waals surface area contributed by atoms with Crippen LogP contribution in [0.3, 0.4) is 0 Å². The summed E-state index contributed by atoms with van der Waals surface area (Å²) in [7, 11) is 0. The van der Waals surface area contributed by atoms with Crippen LogP contribution in [0, 0.1) is 96.9 Å². The summed E-state index contributed by atoms with van der Waals surface area (Å²) in [6, 6.07) is 20.5. The van der Waals surface area contributed by atoms with E-state index in [2.05, 4.69) is 100 Å². The topological polar surface area (TPSA) is 129 Å². The van der Waals surface area contributed by atoms with E-state index in [1.54, 1.807) is 12.4 Å². The van der Waals surface area contributed by atoms with E-state index < -0.39 is 0 Å². The minimum absolute atomic E-state index is 0.829. The molecule has 6 heterocycles. The Balaban J connectivity index is -0.000000127. The van der Waals surface area contributed by atoms with E-state index in [0.717, 1.165) is 56.9 Å². The summed E-state index contributed by atoms with van der Waals surface area (Å²) in [5.41, 5.74) is 13.3. The van der Waals surface area contributed by atoms with Crippen molar-refractivity contribution in [1.82, 2.24) is 50.1 Å². The molecule has 0 unspecified atom stereocenters. The monoisotopic (exact) mass is 963 g/mol. The standard InChI is InChI=1S/C8H10.2C7H9N.4C6H8N2.7C2H6/c1-7-3-5-8(2)6-4-7;2*1-6-3-4-7(2)8-5-6;1-5-3-8-6(2)4-7-5;2*1-5-3-7-6(2)8-4-5;1-5-3-4-6(2)8-7-5;7*1-2/h3-6H,1-2H3;2*3-5H,1-2H3;4*3-4H,1-2H3;7*1-2H3. The number of hydrogen-bond donors (Lipinski definition) is 0. The van der Waals surface area contributed by atoms with Crippen LogP contribution in [0.25, 0.3) is 0 Å². The summed E-state index contributed by atoms with van der Waals surface area (Å²) in [4.78, 5) is 32.1. The van der Waals surface area contributed by atoms with Crippen LogP contribution in [-0.2, 0) is 0 Å². The highest BCUT2D eigenvalue weighted by Gasteiger charge is 1.86. The first kappa shape index (κ1) is 78.0. The third-order valence-corrected chi connectivity index (χ3v) is 7.00. The van der Waals surface area contributed by atoms with Gasteiger partial charge in [0.25, 0.3) is 0 Å². The first-order chi connectivity index (χ1) is 33.5. The average Bonchev–Trinajstić information content (AvgIpc) is 3.41. The number of pyridine rings is 2. The molecule has 0 spiro atoms. The minimum Gasteiger partial charge on any atom is -0.261 e. The second-order valence-electron chi connectivity index (χ2n) is 13.3. The zero-order valence-electron chi connectivity index (χ0n) is 49.9. The molecule has 10 nitrogen and oxygen atoms in total. The summed E-state index contributed by atoms with van der Waals surface area (Å²) in [5, 5.41) is 7.66. The van der Waals surface area contributed by atoms with Gasteiger partial charge in [-0.2, -0.15) is 10.2 Å². The Bertz CT molecular complexity index is 1440. The smallest absolute Gasteiger partial charge is 0.125 e. The molecular weight excluding hydrogens is 861 g/mol. The Labute approximate surface area is 431 Å². The molecule has 0 atom stereocenters. The van der Waals surface area contributed by atoms with Gasteiger partial charge in [-0.15, -0.1) is 0 Å². The fourth-order valence-electron chi connectivity index (χ4n) is 3.56. The van der Waals surface area contributed by atoms with Crippen LogP contribution in [0.4, 0.5) is 0 Å². The molecule has 0 fully saturated rings. The SMILES string of the molecule is CC.CC.CC.CC.CC.CC.CC.Cc1ccc(C)cc1.Cc1ccc(C)nc1.Cc1ccc(C)nc1.Cc1ccc(C)nn1.Cc1cnc(C)cn1.Cc1cnc(C)nc1.Cc1cnc(C)nc1. The molecule has 7 rings (SSSR count). The van der Waals surface area contributed by atoms with Gasteiger partial charge < -0.3 is 0 Å². The van der Waals surface area contributed by atoms with E-state index in [-0.39, 0.29) is 0 Å². The highest BCUT2D eigenvalue weighted by atomic mass is 15.1. The molecule has 0 saturated heterocycles. The quantitative estimate of drug-likeness (QED) is 0.145. The summed E-state index contributed by atoms with van der Waals surface area (Å²) >= 11 is 0. The van der Waals surface area contributed by atoms with Crippen molar-refractivity contribution in [2.24, 2.45) is 0 Å². The van der Waals surface area contributed by atoms with E-state index in [0.29, 0.717) is 0 Å². The Morgan fingerprint density at radius 1 is 0.186 bits per heavy atom. The highest BCUT2D eigenvalue weighted by Crippen LogP contribution is 2.00. The summed E-state index contributed by atoms with van der Waals surface area (Å²) < 4.78 is 0. The summed E-state index contributed by atoms with van der Waals surface area (Å²) in [6.45, 7) is 55.6. The molecule has 392 valence electrons. The molecule has 0 amide bonds. The van der Waals surface area contributed by atoms with E-state index in [1.807, 2.05) is 241 Å². The molecule has 0 N–H and O–H groups in total. The van der Waals surface area contributed by atoms with Gasteiger partial charge in [0.1, 0.15) is 11.6 Å². The molecule has 7 aromatic rings. The maximum atomic E-state index is 4.08. The number of nitrogens with zero attached hydrogens (tertiary/aromatic N) is 10. The number of rotatable bonds is 0. The molecule has 1 aromatic carbocycles. The van der Waals surface area contributed by atoms with Gasteiger partial charge in [-0.25, -0.2) is 19.9 Å². The largest absolute Gasteiger partial charge is 0.261 e. The zero-order chi connectivity index (χ0) is 55.9. The lowest BCUT2D eigenvalue weighted by molar-refractivity contribution is 0.941. The van der Waals surface area contributed by atoms with Crippen LogP contribution in [-0.4, -0.2) is 50.1 Å². The van der Waals surface area contributed by atoms with Gasteiger partial charge in [0, 0.05) is 61.0 Å². The van der Waals surface area contributed by atoms with Crippen molar-refractivity contribution in [3.63, 3.8) is 0 Å². The summed E-state index contributed by atoms with van der Waals surface area (Å²) in [5.74, 6) is 1.66. The van der Waals surface area contributed by atoms with Gasteiger partial charge >= 0.3 is 0 Å². The fraction of sp³-hybridized carbons (Fsp3) is 0.467. The first-order valence-electron chi connectivity index (χ1n) is 25.4. The Kier molecular flexibility index (Phi) is 65.7. The Hall–Kier alpha value is -6.16. The van der Waals surface area contributed by atoms with E-state index in [4.69, 9.17) is 0 Å². The maximum absolute atomic E-state index is 4.08. The lowest BCUT2D eigenvalue weighted by atomic mass is 10.2. The second kappa shape index (κ2) is 59.0. The zero-order valence-corrected chi connectivity index (χ0v) is 49.9. The molecule has 0 saturated carbocycles. The predicted octanol–water partition coefficient (Wildman–Crippen LogP) is 17.3. The molecule has 70 heavy (non-hydrogen) atoms. The fourth-order valence-corrected chi connectivity index (χ4v) is 3.56. The molecule has 0 aliphatic carbocycles. The van der Waals surface area contributed by atoms with Crippen molar-refractivity contribution < 1.29 is 0 Å². The lowest BCUT2D eigenvalue weighted by Crippen LogP contribution is -1.86. The van der Waals surface area contributed by atoms with Crippen LogP contribution in [0.1, 0.15) is 176 Å². The van der Waals surface area contributed by atoms with Crippen LogP contribution in [0.15, 0.2) is 110 Å². The maximum Gasteiger partial charge on any atom is 0.125 e. The van der Waals surface area contributed by atoms with Crippen molar-refractivity contribution in [2.45, 2.75) is 194 Å². The number of benzene rings is 1. The van der Waals surface area contributed by atoms with E-state index in [1.165, 1.54) is 22.3 Å². The van der Waals surface area contributed by atoms with Crippen LogP contribution in [0.5, 0.6) is 0 Å². The van der Waals surface area contributed by atoms with Crippen molar-refractivity contribution in [3.8, 4) is 0 Å². The van der Waals surface area contributed by atoms with Gasteiger partial charge in [0.15, 0.2) is 0 Å².